The third-order valence-corrected chi connectivity index (χ3v) is 4.48. The summed E-state index contributed by atoms with van der Waals surface area (Å²) in [6.45, 7) is 5.76. The van der Waals surface area contributed by atoms with Crippen LogP contribution in [0.2, 0.25) is 0 Å². The molecule has 21 heavy (non-hydrogen) atoms. The number of hydrogen-bond donors (Lipinski definition) is 2. The minimum atomic E-state index is -0.907. The van der Waals surface area contributed by atoms with Crippen molar-refractivity contribution in [1.29, 1.82) is 0 Å². The molecule has 4 nitrogen and oxygen atoms in total. The molecule has 1 aromatic carbocycles. The van der Waals surface area contributed by atoms with E-state index >= 15 is 0 Å². The van der Waals surface area contributed by atoms with Gasteiger partial charge in [-0.25, -0.2) is 0 Å². The molecule has 0 aromatic heterocycles. The average molecular weight is 374 g/mol. The first-order valence-electron chi connectivity index (χ1n) is 6.58. The van der Waals surface area contributed by atoms with Gasteiger partial charge in [0.25, 0.3) is 0 Å². The van der Waals surface area contributed by atoms with Crippen molar-refractivity contribution in [3.8, 4) is 0 Å². The predicted molar refractivity (Wildman–Crippen MR) is 88.5 cm³/mol. The molecule has 0 fully saturated rings. The van der Waals surface area contributed by atoms with Crippen molar-refractivity contribution in [1.82, 2.24) is 5.32 Å². The lowest BCUT2D eigenvalue weighted by Crippen LogP contribution is -2.45. The van der Waals surface area contributed by atoms with Crippen molar-refractivity contribution >= 4 is 39.6 Å². The normalized spacial score (nSPS) is 12.8. The molecule has 1 unspecified atom stereocenters. The predicted octanol–water partition coefficient (Wildman–Crippen LogP) is 3.55. The average Bonchev–Trinajstić information content (AvgIpc) is 2.36. The van der Waals surface area contributed by atoms with Gasteiger partial charge in [-0.05, 0) is 29.7 Å². The largest absolute Gasteiger partial charge is 0.481 e. The van der Waals surface area contributed by atoms with Crippen LogP contribution in [0.4, 0.5) is 0 Å². The van der Waals surface area contributed by atoms with Crippen LogP contribution >= 0.6 is 27.7 Å². The number of carboxylic acids is 1. The Balaban J connectivity index is 2.54. The first kappa shape index (κ1) is 18.0. The summed E-state index contributed by atoms with van der Waals surface area (Å²) in [6.07, 6.45) is -0.0712. The van der Waals surface area contributed by atoms with E-state index in [0.29, 0.717) is 0 Å². The quantitative estimate of drug-likeness (QED) is 0.748. The third-order valence-electron chi connectivity index (χ3n) is 2.94. The highest BCUT2D eigenvalue weighted by molar-refractivity contribution is 9.10. The second-order valence-electron chi connectivity index (χ2n) is 5.83. The van der Waals surface area contributed by atoms with E-state index in [0.717, 1.165) is 9.37 Å². The van der Waals surface area contributed by atoms with Crippen molar-refractivity contribution in [3.05, 3.63) is 28.7 Å². The molecule has 0 bridgehead atoms. The molecule has 0 aliphatic rings. The minimum Gasteiger partial charge on any atom is -0.481 e. The maximum Gasteiger partial charge on any atom is 0.305 e. The summed E-state index contributed by atoms with van der Waals surface area (Å²) >= 11 is 4.79. The number of nitrogens with one attached hydrogen (secondary N) is 1. The number of thioether (sulfide) groups is 1. The van der Waals surface area contributed by atoms with E-state index in [2.05, 4.69) is 21.2 Å². The van der Waals surface area contributed by atoms with Crippen LogP contribution in [0.15, 0.2) is 33.6 Å². The van der Waals surface area contributed by atoms with Crippen LogP contribution in [0.3, 0.4) is 0 Å². The van der Waals surface area contributed by atoms with E-state index in [9.17, 15) is 9.59 Å². The zero-order chi connectivity index (χ0) is 16.0. The number of rotatable bonds is 6. The standard InChI is InChI=1S/C15H20BrNO3S/c1-15(2,3)12(8-14(19)20)17-13(18)9-21-11-6-4-10(16)5-7-11/h4-7,12H,8-9H2,1-3H3,(H,17,18)(H,19,20). The summed E-state index contributed by atoms with van der Waals surface area (Å²) in [4.78, 5) is 23.9. The summed E-state index contributed by atoms with van der Waals surface area (Å²) in [7, 11) is 0. The van der Waals surface area contributed by atoms with E-state index in [1.807, 2.05) is 45.0 Å². The summed E-state index contributed by atoms with van der Waals surface area (Å²) < 4.78 is 0.991. The van der Waals surface area contributed by atoms with Gasteiger partial charge in [0.15, 0.2) is 0 Å². The molecule has 0 spiro atoms. The number of halogens is 1. The number of benzene rings is 1. The Labute approximate surface area is 137 Å². The number of hydrogen-bond acceptors (Lipinski definition) is 3. The number of carbonyl (C=O) groups excluding carboxylic acids is 1. The molecule has 2 N–H and O–H groups in total. The zero-order valence-electron chi connectivity index (χ0n) is 12.4. The smallest absolute Gasteiger partial charge is 0.305 e. The second-order valence-corrected chi connectivity index (χ2v) is 7.79. The SMILES string of the molecule is CC(C)(C)C(CC(=O)O)NC(=O)CSc1ccc(Br)cc1. The molecule has 0 aliphatic heterocycles. The highest BCUT2D eigenvalue weighted by Crippen LogP contribution is 2.23. The first-order valence-corrected chi connectivity index (χ1v) is 8.36. The van der Waals surface area contributed by atoms with Gasteiger partial charge in [-0.1, -0.05) is 36.7 Å². The summed E-state index contributed by atoms with van der Waals surface area (Å²) in [6, 6.07) is 7.32. The lowest BCUT2D eigenvalue weighted by atomic mass is 9.85. The maximum absolute atomic E-state index is 12.0. The van der Waals surface area contributed by atoms with Crippen molar-refractivity contribution in [2.45, 2.75) is 38.1 Å². The molecule has 0 radical (unpaired) electrons. The number of carboxylic acid groups (broad SMARTS) is 1. The molecule has 0 saturated carbocycles. The Morgan fingerprint density at radius 2 is 1.86 bits per heavy atom. The van der Waals surface area contributed by atoms with Crippen molar-refractivity contribution < 1.29 is 14.7 Å². The van der Waals surface area contributed by atoms with Gasteiger partial charge in [-0.15, -0.1) is 11.8 Å². The van der Waals surface area contributed by atoms with Crippen LogP contribution < -0.4 is 5.32 Å². The highest BCUT2D eigenvalue weighted by atomic mass is 79.9. The van der Waals surface area contributed by atoms with Crippen LogP contribution in [0.25, 0.3) is 0 Å². The molecule has 116 valence electrons. The lowest BCUT2D eigenvalue weighted by Gasteiger charge is -2.30. The molecule has 1 rings (SSSR count). The summed E-state index contributed by atoms with van der Waals surface area (Å²) in [5.74, 6) is -0.784. The van der Waals surface area contributed by atoms with Gasteiger partial charge < -0.3 is 10.4 Å². The fraction of sp³-hybridized carbons (Fsp3) is 0.467. The van der Waals surface area contributed by atoms with Crippen molar-refractivity contribution in [2.75, 3.05) is 5.75 Å². The van der Waals surface area contributed by atoms with E-state index < -0.39 is 5.97 Å². The fourth-order valence-electron chi connectivity index (χ4n) is 1.66. The molecule has 0 saturated heterocycles. The maximum atomic E-state index is 12.0. The Kier molecular flexibility index (Phi) is 6.74. The van der Waals surface area contributed by atoms with Gasteiger partial charge in [-0.3, -0.25) is 9.59 Å². The molecule has 0 aliphatic carbocycles. The molecule has 6 heteroatoms. The van der Waals surface area contributed by atoms with E-state index in [-0.39, 0.29) is 29.5 Å². The molecular weight excluding hydrogens is 354 g/mol. The summed E-state index contributed by atoms with van der Waals surface area (Å²) in [5.41, 5.74) is -0.295. The molecular formula is C15H20BrNO3S. The third kappa shape index (κ3) is 7.00. The Morgan fingerprint density at radius 1 is 1.29 bits per heavy atom. The number of carbonyl (C=O) groups is 2. The van der Waals surface area contributed by atoms with Gasteiger partial charge >= 0.3 is 5.97 Å². The zero-order valence-corrected chi connectivity index (χ0v) is 14.8. The Hall–Kier alpha value is -1.01. The van der Waals surface area contributed by atoms with Gasteiger partial charge in [0.1, 0.15) is 0 Å². The topological polar surface area (TPSA) is 66.4 Å². The highest BCUT2D eigenvalue weighted by Gasteiger charge is 2.28. The van der Waals surface area contributed by atoms with Gasteiger partial charge in [0.05, 0.1) is 12.2 Å². The molecule has 1 amide bonds. The molecule has 0 heterocycles. The second kappa shape index (κ2) is 7.84. The van der Waals surface area contributed by atoms with Crippen LogP contribution in [-0.2, 0) is 9.59 Å². The van der Waals surface area contributed by atoms with Gasteiger partial charge in [0, 0.05) is 15.4 Å². The van der Waals surface area contributed by atoms with Crippen molar-refractivity contribution in [2.24, 2.45) is 5.41 Å². The Morgan fingerprint density at radius 3 is 2.33 bits per heavy atom. The van der Waals surface area contributed by atoms with Gasteiger partial charge in [-0.2, -0.15) is 0 Å². The lowest BCUT2D eigenvalue weighted by molar-refractivity contribution is -0.138. The van der Waals surface area contributed by atoms with E-state index in [4.69, 9.17) is 5.11 Å². The van der Waals surface area contributed by atoms with Crippen molar-refractivity contribution in [3.63, 3.8) is 0 Å². The minimum absolute atomic E-state index is 0.0712. The van der Waals surface area contributed by atoms with Crippen LogP contribution in [0, 0.1) is 5.41 Å². The van der Waals surface area contributed by atoms with Crippen LogP contribution in [0.1, 0.15) is 27.2 Å². The van der Waals surface area contributed by atoms with E-state index in [1.54, 1.807) is 0 Å². The monoisotopic (exact) mass is 373 g/mol. The van der Waals surface area contributed by atoms with Crippen LogP contribution in [-0.4, -0.2) is 28.8 Å². The van der Waals surface area contributed by atoms with Gasteiger partial charge in [0.2, 0.25) is 5.91 Å². The number of amides is 1. The Bertz CT molecular complexity index is 497. The molecule has 1 aromatic rings. The van der Waals surface area contributed by atoms with Crippen LogP contribution in [0.5, 0.6) is 0 Å². The fourth-order valence-corrected chi connectivity index (χ4v) is 2.64. The summed E-state index contributed by atoms with van der Waals surface area (Å²) in [5, 5.41) is 11.8. The first-order chi connectivity index (χ1) is 9.68. The van der Waals surface area contributed by atoms with E-state index in [1.165, 1.54) is 11.8 Å². The molecule has 1 atom stereocenters. The number of aliphatic carboxylic acids is 1.